The van der Waals surface area contributed by atoms with Crippen molar-refractivity contribution in [2.45, 2.75) is 32.7 Å². The lowest BCUT2D eigenvalue weighted by Crippen LogP contribution is -2.35. The SMILES string of the molecule is CCC(=O)Nc1ccc(C)c(NC(=O)NC2CCOc3ccccc32)c1. The summed E-state index contributed by atoms with van der Waals surface area (Å²) in [6.45, 7) is 4.27. The quantitative estimate of drug-likeness (QED) is 0.777. The van der Waals surface area contributed by atoms with Gasteiger partial charge in [0.25, 0.3) is 0 Å². The molecule has 6 heteroatoms. The maximum atomic E-state index is 12.5. The summed E-state index contributed by atoms with van der Waals surface area (Å²) in [6, 6.07) is 12.8. The number of hydrogen-bond donors (Lipinski definition) is 3. The summed E-state index contributed by atoms with van der Waals surface area (Å²) in [7, 11) is 0. The molecule has 0 saturated carbocycles. The first kappa shape index (κ1) is 17.8. The topological polar surface area (TPSA) is 79.5 Å². The predicted molar refractivity (Wildman–Crippen MR) is 102 cm³/mol. The number of hydrogen-bond acceptors (Lipinski definition) is 3. The molecular formula is C20H23N3O3. The molecule has 0 radical (unpaired) electrons. The molecule has 1 aliphatic heterocycles. The number of carbonyl (C=O) groups is 2. The minimum atomic E-state index is -0.284. The summed E-state index contributed by atoms with van der Waals surface area (Å²) in [6.07, 6.45) is 1.12. The van der Waals surface area contributed by atoms with Crippen molar-refractivity contribution in [1.29, 1.82) is 0 Å². The van der Waals surface area contributed by atoms with Crippen molar-refractivity contribution >= 4 is 23.3 Å². The van der Waals surface area contributed by atoms with Gasteiger partial charge in [0.1, 0.15) is 5.75 Å². The van der Waals surface area contributed by atoms with Gasteiger partial charge in [-0.15, -0.1) is 0 Å². The highest BCUT2D eigenvalue weighted by Gasteiger charge is 2.22. The van der Waals surface area contributed by atoms with Crippen LogP contribution in [0.5, 0.6) is 5.75 Å². The number of fused-ring (bicyclic) bond motifs is 1. The van der Waals surface area contributed by atoms with Gasteiger partial charge in [0, 0.05) is 29.8 Å². The van der Waals surface area contributed by atoms with E-state index in [0.29, 0.717) is 24.4 Å². The Morgan fingerprint density at radius 1 is 1.15 bits per heavy atom. The van der Waals surface area contributed by atoms with Crippen molar-refractivity contribution < 1.29 is 14.3 Å². The van der Waals surface area contributed by atoms with Gasteiger partial charge in [-0.05, 0) is 30.7 Å². The second-order valence-electron chi connectivity index (χ2n) is 6.26. The summed E-state index contributed by atoms with van der Waals surface area (Å²) in [5.41, 5.74) is 3.22. The van der Waals surface area contributed by atoms with Crippen molar-refractivity contribution in [2.75, 3.05) is 17.2 Å². The van der Waals surface area contributed by atoms with Crippen molar-refractivity contribution in [3.05, 3.63) is 53.6 Å². The zero-order valence-electron chi connectivity index (χ0n) is 15.0. The first-order valence-electron chi connectivity index (χ1n) is 8.76. The van der Waals surface area contributed by atoms with E-state index in [1.165, 1.54) is 0 Å². The fraction of sp³-hybridized carbons (Fsp3) is 0.300. The Morgan fingerprint density at radius 3 is 2.77 bits per heavy atom. The Labute approximate surface area is 152 Å². The number of benzene rings is 2. The van der Waals surface area contributed by atoms with Crippen molar-refractivity contribution in [1.82, 2.24) is 5.32 Å². The monoisotopic (exact) mass is 353 g/mol. The number of ether oxygens (including phenoxy) is 1. The molecule has 1 unspecified atom stereocenters. The Balaban J connectivity index is 1.69. The fourth-order valence-electron chi connectivity index (χ4n) is 2.89. The smallest absolute Gasteiger partial charge is 0.319 e. The minimum Gasteiger partial charge on any atom is -0.493 e. The number of carbonyl (C=O) groups excluding carboxylic acids is 2. The van der Waals surface area contributed by atoms with Crippen LogP contribution in [-0.2, 0) is 4.79 Å². The van der Waals surface area contributed by atoms with Gasteiger partial charge >= 0.3 is 6.03 Å². The number of para-hydroxylation sites is 1. The standard InChI is InChI=1S/C20H23N3O3/c1-3-19(24)21-14-9-8-13(2)17(12-14)23-20(25)22-16-10-11-26-18-7-5-4-6-15(16)18/h4-9,12,16H,3,10-11H2,1-2H3,(H,21,24)(H2,22,23,25). The van der Waals surface area contributed by atoms with Gasteiger partial charge in [-0.3, -0.25) is 4.79 Å². The molecule has 1 aliphatic rings. The van der Waals surface area contributed by atoms with Crippen LogP contribution in [0, 0.1) is 6.92 Å². The van der Waals surface area contributed by atoms with E-state index in [1.807, 2.05) is 43.3 Å². The molecule has 0 spiro atoms. The van der Waals surface area contributed by atoms with Crippen molar-refractivity contribution in [2.24, 2.45) is 0 Å². The van der Waals surface area contributed by atoms with Crippen LogP contribution in [0.15, 0.2) is 42.5 Å². The third kappa shape index (κ3) is 4.14. The van der Waals surface area contributed by atoms with Gasteiger partial charge in [0.05, 0.1) is 12.6 Å². The van der Waals surface area contributed by atoms with Gasteiger partial charge in [-0.1, -0.05) is 31.2 Å². The molecule has 6 nitrogen and oxygen atoms in total. The maximum Gasteiger partial charge on any atom is 0.319 e. The molecule has 3 rings (SSSR count). The van der Waals surface area contributed by atoms with Crippen LogP contribution in [-0.4, -0.2) is 18.5 Å². The molecule has 0 bridgehead atoms. The van der Waals surface area contributed by atoms with E-state index in [4.69, 9.17) is 4.74 Å². The molecule has 0 aliphatic carbocycles. The van der Waals surface area contributed by atoms with Crippen LogP contribution in [0.4, 0.5) is 16.2 Å². The summed E-state index contributed by atoms with van der Waals surface area (Å²) >= 11 is 0. The van der Waals surface area contributed by atoms with E-state index in [0.717, 1.165) is 23.3 Å². The lowest BCUT2D eigenvalue weighted by Gasteiger charge is -2.26. The largest absolute Gasteiger partial charge is 0.493 e. The van der Waals surface area contributed by atoms with Crippen LogP contribution in [0.2, 0.25) is 0 Å². The number of urea groups is 1. The molecule has 0 fully saturated rings. The average molecular weight is 353 g/mol. The van der Waals surface area contributed by atoms with E-state index in [-0.39, 0.29) is 18.0 Å². The van der Waals surface area contributed by atoms with Crippen molar-refractivity contribution in [3.8, 4) is 5.75 Å². The van der Waals surface area contributed by atoms with Crippen LogP contribution in [0.25, 0.3) is 0 Å². The second-order valence-corrected chi connectivity index (χ2v) is 6.26. The summed E-state index contributed by atoms with van der Waals surface area (Å²) in [5.74, 6) is 0.743. The Kier molecular flexibility index (Phi) is 5.41. The average Bonchev–Trinajstić information content (AvgIpc) is 2.64. The fourth-order valence-corrected chi connectivity index (χ4v) is 2.89. The molecule has 3 amide bonds. The van der Waals surface area contributed by atoms with E-state index in [9.17, 15) is 9.59 Å². The van der Waals surface area contributed by atoms with Gasteiger partial charge in [-0.25, -0.2) is 4.79 Å². The van der Waals surface area contributed by atoms with E-state index in [2.05, 4.69) is 16.0 Å². The molecule has 2 aromatic rings. The predicted octanol–water partition coefficient (Wildman–Crippen LogP) is 3.99. The zero-order chi connectivity index (χ0) is 18.5. The lowest BCUT2D eigenvalue weighted by atomic mass is 10.0. The number of aryl methyl sites for hydroxylation is 1. The molecule has 1 atom stereocenters. The highest BCUT2D eigenvalue weighted by molar-refractivity contribution is 5.94. The second kappa shape index (κ2) is 7.91. The number of amides is 3. The summed E-state index contributed by atoms with van der Waals surface area (Å²) in [5, 5.41) is 8.68. The maximum absolute atomic E-state index is 12.5. The minimum absolute atomic E-state index is 0.0666. The first-order chi connectivity index (χ1) is 12.6. The summed E-state index contributed by atoms with van der Waals surface area (Å²) < 4.78 is 5.62. The van der Waals surface area contributed by atoms with E-state index < -0.39 is 0 Å². The Hall–Kier alpha value is -3.02. The normalized spacial score (nSPS) is 15.4. The molecule has 0 aromatic heterocycles. The number of nitrogens with one attached hydrogen (secondary N) is 3. The Morgan fingerprint density at radius 2 is 1.96 bits per heavy atom. The van der Waals surface area contributed by atoms with Gasteiger partial charge in [0.15, 0.2) is 0 Å². The van der Waals surface area contributed by atoms with Crippen LogP contribution < -0.4 is 20.7 Å². The van der Waals surface area contributed by atoms with Gasteiger partial charge in [0.2, 0.25) is 5.91 Å². The van der Waals surface area contributed by atoms with Crippen molar-refractivity contribution in [3.63, 3.8) is 0 Å². The summed E-state index contributed by atoms with van der Waals surface area (Å²) in [4.78, 5) is 24.0. The zero-order valence-corrected chi connectivity index (χ0v) is 15.0. The van der Waals surface area contributed by atoms with Crippen LogP contribution in [0.1, 0.15) is 36.9 Å². The van der Waals surface area contributed by atoms with E-state index in [1.54, 1.807) is 13.0 Å². The number of rotatable bonds is 4. The molecule has 3 N–H and O–H groups in total. The molecule has 26 heavy (non-hydrogen) atoms. The van der Waals surface area contributed by atoms with Crippen LogP contribution in [0.3, 0.4) is 0 Å². The molecular weight excluding hydrogens is 330 g/mol. The highest BCUT2D eigenvalue weighted by atomic mass is 16.5. The molecule has 136 valence electrons. The molecule has 2 aromatic carbocycles. The third-order valence-corrected chi connectivity index (χ3v) is 4.35. The highest BCUT2D eigenvalue weighted by Crippen LogP contribution is 2.31. The number of anilines is 2. The Bertz CT molecular complexity index is 820. The van der Waals surface area contributed by atoms with Crippen LogP contribution >= 0.6 is 0 Å². The molecule has 1 heterocycles. The van der Waals surface area contributed by atoms with E-state index >= 15 is 0 Å². The lowest BCUT2D eigenvalue weighted by molar-refractivity contribution is -0.115. The first-order valence-corrected chi connectivity index (χ1v) is 8.76. The molecule has 0 saturated heterocycles. The van der Waals surface area contributed by atoms with Gasteiger partial charge < -0.3 is 20.7 Å². The van der Waals surface area contributed by atoms with Gasteiger partial charge in [-0.2, -0.15) is 0 Å². The third-order valence-electron chi connectivity index (χ3n) is 4.35.